The van der Waals surface area contributed by atoms with E-state index in [9.17, 15) is 18.1 Å². The van der Waals surface area contributed by atoms with Crippen molar-refractivity contribution < 1.29 is 47.6 Å². The van der Waals surface area contributed by atoms with Crippen molar-refractivity contribution in [2.24, 2.45) is 0 Å². The van der Waals surface area contributed by atoms with Gasteiger partial charge in [0, 0.05) is 0 Å². The molecule has 24 heavy (non-hydrogen) atoms. The first-order valence-corrected chi connectivity index (χ1v) is 11.0. The zero-order valence-corrected chi connectivity index (χ0v) is 19.0. The van der Waals surface area contributed by atoms with Crippen molar-refractivity contribution in [1.29, 1.82) is 0 Å². The molecule has 0 amide bonds. The summed E-state index contributed by atoms with van der Waals surface area (Å²) in [5, 5.41) is 8.94. The fourth-order valence-corrected chi connectivity index (χ4v) is 3.95. The Labute approximate surface area is 172 Å². The summed E-state index contributed by atoms with van der Waals surface area (Å²) < 4.78 is 33.9. The van der Waals surface area contributed by atoms with Gasteiger partial charge < -0.3 is 9.66 Å². The van der Waals surface area contributed by atoms with Gasteiger partial charge in [0.15, 0.2) is 0 Å². The van der Waals surface area contributed by atoms with E-state index >= 15 is 0 Å². The summed E-state index contributed by atoms with van der Waals surface area (Å²) in [5.41, 5.74) is 0. The Balaban J connectivity index is 0. The summed E-state index contributed by atoms with van der Waals surface area (Å²) >= 11 is 0. The molecule has 2 unspecified atom stereocenters. The van der Waals surface area contributed by atoms with Gasteiger partial charge in [-0.05, 0) is 12.8 Å². The van der Waals surface area contributed by atoms with Crippen LogP contribution in [0.3, 0.4) is 0 Å². The Morgan fingerprint density at radius 1 is 0.750 bits per heavy atom. The van der Waals surface area contributed by atoms with Gasteiger partial charge in [-0.25, -0.2) is 8.42 Å². The number of aliphatic hydroxyl groups excluding tert-OH is 1. The van der Waals surface area contributed by atoms with Crippen molar-refractivity contribution in [3.05, 3.63) is 0 Å². The molecule has 0 aliphatic heterocycles. The van der Waals surface area contributed by atoms with Crippen LogP contribution in [0.1, 0.15) is 104 Å². The minimum absolute atomic E-state index is 0. The molecule has 140 valence electrons. The summed E-state index contributed by atoms with van der Waals surface area (Å²) in [4.78, 5) is 0. The van der Waals surface area contributed by atoms with Crippen LogP contribution in [-0.4, -0.2) is 29.4 Å². The van der Waals surface area contributed by atoms with E-state index in [0.717, 1.165) is 32.1 Å². The number of hydrogen-bond acceptors (Lipinski definition) is 4. The minimum atomic E-state index is -4.40. The molecule has 0 radical (unpaired) electrons. The Hall–Kier alpha value is 0.870. The van der Waals surface area contributed by atoms with Crippen molar-refractivity contribution in [3.8, 4) is 0 Å². The van der Waals surface area contributed by atoms with Crippen LogP contribution in [0.4, 0.5) is 0 Å². The minimum Gasteiger partial charge on any atom is -0.748 e. The molecule has 0 fully saturated rings. The Morgan fingerprint density at radius 2 is 1.12 bits per heavy atom. The predicted molar refractivity (Wildman–Crippen MR) is 95.5 cm³/mol. The van der Waals surface area contributed by atoms with Crippen LogP contribution in [0.5, 0.6) is 0 Å². The van der Waals surface area contributed by atoms with Crippen LogP contribution in [0.25, 0.3) is 0 Å². The van der Waals surface area contributed by atoms with Gasteiger partial charge in [-0.1, -0.05) is 90.9 Å². The maximum absolute atomic E-state index is 11.3. The van der Waals surface area contributed by atoms with Crippen LogP contribution in [-0.2, 0) is 10.1 Å². The van der Waals surface area contributed by atoms with E-state index in [1.165, 1.54) is 38.5 Å². The molecule has 0 aliphatic rings. The first-order chi connectivity index (χ1) is 10.9. The molecule has 4 nitrogen and oxygen atoms in total. The van der Waals surface area contributed by atoms with Crippen molar-refractivity contribution in [3.63, 3.8) is 0 Å². The summed E-state index contributed by atoms with van der Waals surface area (Å²) in [6.07, 6.45) is 12.9. The van der Waals surface area contributed by atoms with E-state index in [4.69, 9.17) is 0 Å². The van der Waals surface area contributed by atoms with E-state index in [2.05, 4.69) is 6.92 Å². The van der Waals surface area contributed by atoms with Gasteiger partial charge in [0.2, 0.25) is 0 Å². The summed E-state index contributed by atoms with van der Waals surface area (Å²) in [6, 6.07) is 0. The van der Waals surface area contributed by atoms with Crippen LogP contribution in [0.15, 0.2) is 0 Å². The van der Waals surface area contributed by atoms with Crippen molar-refractivity contribution >= 4 is 10.1 Å². The van der Waals surface area contributed by atoms with E-state index in [1.807, 2.05) is 6.92 Å². The van der Waals surface area contributed by atoms with Crippen LogP contribution in [0.2, 0.25) is 0 Å². The summed E-state index contributed by atoms with van der Waals surface area (Å²) in [5.74, 6) is 0. The molecule has 2 atom stereocenters. The monoisotopic (exact) mass is 372 g/mol. The molecule has 0 heterocycles. The number of rotatable bonds is 16. The Bertz CT molecular complexity index is 360. The molecule has 0 aliphatic carbocycles. The molecule has 0 bridgehead atoms. The predicted octanol–water partition coefficient (Wildman–Crippen LogP) is 1.77. The Kier molecular flexibility index (Phi) is 19.5. The average Bonchev–Trinajstić information content (AvgIpc) is 2.48. The van der Waals surface area contributed by atoms with E-state index in [-0.39, 0.29) is 36.0 Å². The topological polar surface area (TPSA) is 77.4 Å². The normalized spacial score (nSPS) is 14.2. The molecule has 0 saturated heterocycles. The molecule has 0 spiro atoms. The van der Waals surface area contributed by atoms with E-state index in [1.54, 1.807) is 0 Å². The molecule has 0 aromatic heterocycles. The van der Waals surface area contributed by atoms with Gasteiger partial charge in [0.25, 0.3) is 0 Å². The van der Waals surface area contributed by atoms with Gasteiger partial charge in [0.1, 0.15) is 10.1 Å². The molecule has 1 N–H and O–H groups in total. The molecule has 0 aromatic carbocycles. The number of hydrogen-bond donors (Lipinski definition) is 1. The van der Waals surface area contributed by atoms with E-state index in [0.29, 0.717) is 12.8 Å². The van der Waals surface area contributed by atoms with Crippen LogP contribution < -0.4 is 29.6 Å². The first-order valence-electron chi connectivity index (χ1n) is 9.56. The second kappa shape index (κ2) is 17.3. The zero-order valence-electron chi connectivity index (χ0n) is 16.1. The van der Waals surface area contributed by atoms with Crippen LogP contribution >= 0.6 is 0 Å². The number of aliphatic hydroxyl groups is 1. The molecule has 0 aromatic rings. The fourth-order valence-electron chi connectivity index (χ4n) is 2.97. The molecule has 6 heteroatoms. The fraction of sp³-hybridized carbons (Fsp3) is 1.00. The third kappa shape index (κ3) is 15.2. The van der Waals surface area contributed by atoms with Gasteiger partial charge in [-0.15, -0.1) is 0 Å². The van der Waals surface area contributed by atoms with Gasteiger partial charge in [-0.3, -0.25) is 0 Å². The van der Waals surface area contributed by atoms with Crippen molar-refractivity contribution in [2.75, 3.05) is 0 Å². The van der Waals surface area contributed by atoms with E-state index < -0.39 is 21.5 Å². The Morgan fingerprint density at radius 3 is 1.58 bits per heavy atom. The van der Waals surface area contributed by atoms with Crippen molar-refractivity contribution in [2.45, 2.75) is 115 Å². The maximum atomic E-state index is 11.3. The summed E-state index contributed by atoms with van der Waals surface area (Å²) in [7, 11) is -4.40. The largest absolute Gasteiger partial charge is 1.00 e. The summed E-state index contributed by atoms with van der Waals surface area (Å²) in [6.45, 7) is 4.24. The zero-order chi connectivity index (χ0) is 17.6. The van der Waals surface area contributed by atoms with Crippen LogP contribution in [0, 0.1) is 0 Å². The van der Waals surface area contributed by atoms with Gasteiger partial charge in [-0.2, -0.15) is 0 Å². The van der Waals surface area contributed by atoms with Gasteiger partial charge in [0.05, 0.1) is 11.4 Å². The smallest absolute Gasteiger partial charge is 0.748 e. The quantitative estimate of drug-likeness (QED) is 0.254. The third-order valence-corrected chi connectivity index (χ3v) is 5.79. The standard InChI is InChI=1S/C18H38O4S.Na/c1-3-5-7-8-9-10-11-12-14-15-17(19)18(23(20,21)22)16-13-6-4-2;/h17-19H,3-16H2,1-2H3,(H,20,21,22);/q;+1/p-1. The third-order valence-electron chi connectivity index (χ3n) is 4.50. The van der Waals surface area contributed by atoms with Gasteiger partial charge >= 0.3 is 29.6 Å². The second-order valence-electron chi connectivity index (χ2n) is 6.71. The molecule has 0 rings (SSSR count). The maximum Gasteiger partial charge on any atom is 1.00 e. The van der Waals surface area contributed by atoms with Crippen molar-refractivity contribution in [1.82, 2.24) is 0 Å². The molecular weight excluding hydrogens is 335 g/mol. The second-order valence-corrected chi connectivity index (χ2v) is 8.30. The SMILES string of the molecule is CCCCCCCCCCCC(O)C(CCCCC)S(=O)(=O)[O-].[Na+]. The average molecular weight is 373 g/mol. The molecular formula is C18H37NaO4S. The number of unbranched alkanes of at least 4 members (excludes halogenated alkanes) is 10. The molecule has 0 saturated carbocycles. The first kappa shape index (κ1) is 27.1.